The van der Waals surface area contributed by atoms with Gasteiger partial charge in [-0.25, -0.2) is 4.79 Å². The highest BCUT2D eigenvalue weighted by molar-refractivity contribution is 5.93. The second-order valence-electron chi connectivity index (χ2n) is 4.33. The number of urea groups is 1. The first-order chi connectivity index (χ1) is 7.61. The largest absolute Gasteiger partial charge is 0.369 e. The van der Waals surface area contributed by atoms with Crippen molar-refractivity contribution < 1.29 is 9.53 Å². The average Bonchev–Trinajstić information content (AvgIpc) is 2.59. The van der Waals surface area contributed by atoms with Crippen molar-refractivity contribution in [3.8, 4) is 0 Å². The van der Waals surface area contributed by atoms with E-state index in [2.05, 4.69) is 24.2 Å². The normalized spacial score (nSPS) is 34.9. The molecule has 2 rings (SSSR count). The predicted molar refractivity (Wildman–Crippen MR) is 59.6 cm³/mol. The highest BCUT2D eigenvalue weighted by Gasteiger charge is 2.37. The van der Waals surface area contributed by atoms with Gasteiger partial charge in [-0.3, -0.25) is 4.90 Å². The number of aliphatic imine (C=N–C) groups is 1. The molecule has 0 aliphatic carbocycles. The molecule has 1 saturated heterocycles. The van der Waals surface area contributed by atoms with Gasteiger partial charge < -0.3 is 15.8 Å². The van der Waals surface area contributed by atoms with E-state index in [0.717, 1.165) is 12.8 Å². The van der Waals surface area contributed by atoms with E-state index in [-0.39, 0.29) is 24.3 Å². The molecule has 3 atom stereocenters. The Morgan fingerprint density at radius 1 is 1.69 bits per heavy atom. The number of hydrogen-bond donors (Lipinski definition) is 2. The third-order valence-electron chi connectivity index (χ3n) is 3.18. The van der Waals surface area contributed by atoms with Gasteiger partial charge >= 0.3 is 6.03 Å². The van der Waals surface area contributed by atoms with E-state index in [4.69, 9.17) is 10.5 Å². The van der Waals surface area contributed by atoms with Crippen LogP contribution >= 0.6 is 0 Å². The minimum absolute atomic E-state index is 0.170. The zero-order valence-corrected chi connectivity index (χ0v) is 9.64. The van der Waals surface area contributed by atoms with Crippen LogP contribution in [0, 0.1) is 5.92 Å². The molecular formula is C10H18N4O2. The predicted octanol–water partition coefficient (Wildman–Crippen LogP) is 0.445. The van der Waals surface area contributed by atoms with Crippen LogP contribution in [0.15, 0.2) is 4.99 Å². The number of guanidine groups is 1. The fourth-order valence-electron chi connectivity index (χ4n) is 2.23. The number of amides is 2. The highest BCUT2D eigenvalue weighted by atomic mass is 16.5. The molecule has 0 radical (unpaired) electrons. The summed E-state index contributed by atoms with van der Waals surface area (Å²) in [5.41, 5.74) is 5.42. The van der Waals surface area contributed by atoms with E-state index in [9.17, 15) is 4.79 Å². The van der Waals surface area contributed by atoms with Crippen LogP contribution in [0.4, 0.5) is 4.79 Å². The molecule has 16 heavy (non-hydrogen) atoms. The molecule has 2 aliphatic heterocycles. The Hall–Kier alpha value is -1.30. The van der Waals surface area contributed by atoms with E-state index in [0.29, 0.717) is 12.6 Å². The Morgan fingerprint density at radius 3 is 3.00 bits per heavy atom. The van der Waals surface area contributed by atoms with Crippen molar-refractivity contribution in [2.24, 2.45) is 16.6 Å². The monoisotopic (exact) mass is 226 g/mol. The summed E-state index contributed by atoms with van der Waals surface area (Å²) < 4.78 is 5.82. The van der Waals surface area contributed by atoms with Gasteiger partial charge in [-0.1, -0.05) is 13.8 Å². The summed E-state index contributed by atoms with van der Waals surface area (Å²) in [5.74, 6) is 0.658. The molecule has 6 nitrogen and oxygen atoms in total. The van der Waals surface area contributed by atoms with Crippen molar-refractivity contribution in [2.45, 2.75) is 39.0 Å². The van der Waals surface area contributed by atoms with Crippen LogP contribution in [0.5, 0.6) is 0 Å². The summed E-state index contributed by atoms with van der Waals surface area (Å²) in [5, 5.41) is 2.84. The Kier molecular flexibility index (Phi) is 3.00. The zero-order valence-electron chi connectivity index (χ0n) is 9.64. The first-order valence-corrected chi connectivity index (χ1v) is 5.66. The van der Waals surface area contributed by atoms with Gasteiger partial charge in [0, 0.05) is 0 Å². The molecule has 0 spiro atoms. The summed E-state index contributed by atoms with van der Waals surface area (Å²) >= 11 is 0. The van der Waals surface area contributed by atoms with E-state index in [1.807, 2.05) is 0 Å². The molecule has 3 N–H and O–H groups in total. The lowest BCUT2D eigenvalue weighted by Crippen LogP contribution is -2.52. The lowest BCUT2D eigenvalue weighted by Gasteiger charge is -2.30. The maximum atomic E-state index is 11.6. The molecule has 0 bridgehead atoms. The summed E-state index contributed by atoms with van der Waals surface area (Å²) in [7, 11) is 0. The second kappa shape index (κ2) is 4.29. The van der Waals surface area contributed by atoms with Crippen molar-refractivity contribution in [1.82, 2.24) is 10.2 Å². The number of nitrogens with one attached hydrogen (secondary N) is 1. The molecular weight excluding hydrogens is 208 g/mol. The van der Waals surface area contributed by atoms with Crippen molar-refractivity contribution in [3.05, 3.63) is 0 Å². The van der Waals surface area contributed by atoms with Crippen molar-refractivity contribution in [3.63, 3.8) is 0 Å². The molecule has 2 amide bonds. The van der Waals surface area contributed by atoms with Crippen LogP contribution in [0.3, 0.4) is 0 Å². The van der Waals surface area contributed by atoms with Gasteiger partial charge in [-0.05, 0) is 18.8 Å². The Morgan fingerprint density at radius 2 is 2.44 bits per heavy atom. The quantitative estimate of drug-likeness (QED) is 0.716. The fourth-order valence-corrected chi connectivity index (χ4v) is 2.23. The number of carbonyl (C=O) groups excluding carboxylic acids is 1. The van der Waals surface area contributed by atoms with Gasteiger partial charge in [-0.2, -0.15) is 4.99 Å². The van der Waals surface area contributed by atoms with Crippen LogP contribution < -0.4 is 11.1 Å². The van der Waals surface area contributed by atoms with Gasteiger partial charge in [0.2, 0.25) is 0 Å². The molecule has 2 aliphatic rings. The third kappa shape index (κ3) is 1.97. The number of nitrogens with two attached hydrogens (primary N) is 1. The molecule has 2 heterocycles. The first-order valence-electron chi connectivity index (χ1n) is 5.66. The summed E-state index contributed by atoms with van der Waals surface area (Å²) in [6.45, 7) is 4.62. The third-order valence-corrected chi connectivity index (χ3v) is 3.18. The second-order valence-corrected chi connectivity index (χ2v) is 4.33. The number of rotatable bonds is 2. The molecule has 1 fully saturated rings. The SMILES string of the molecule is CCC1OC(N2CNC(N)=NC2=O)CC1C. The standard InChI is InChI=1S/C10H18N4O2/c1-3-7-6(2)4-8(16-7)14-5-12-9(11)13-10(14)15/h6-8H,3-5H2,1-2H3,(H3,11,12,13,15). The maximum Gasteiger partial charge on any atom is 0.350 e. The Balaban J connectivity index is 2.02. The molecule has 0 aromatic carbocycles. The van der Waals surface area contributed by atoms with Crippen LogP contribution in [-0.2, 0) is 4.74 Å². The summed E-state index contributed by atoms with van der Waals surface area (Å²) in [6.07, 6.45) is 1.90. The smallest absolute Gasteiger partial charge is 0.350 e. The van der Waals surface area contributed by atoms with Crippen molar-refractivity contribution in [2.75, 3.05) is 6.67 Å². The van der Waals surface area contributed by atoms with Crippen LogP contribution in [-0.4, -0.2) is 35.9 Å². The van der Waals surface area contributed by atoms with Gasteiger partial charge in [0.25, 0.3) is 0 Å². The van der Waals surface area contributed by atoms with Gasteiger partial charge in [-0.15, -0.1) is 0 Å². The number of ether oxygens (including phenoxy) is 1. The highest BCUT2D eigenvalue weighted by Crippen LogP contribution is 2.30. The van der Waals surface area contributed by atoms with E-state index < -0.39 is 0 Å². The molecule has 6 heteroatoms. The van der Waals surface area contributed by atoms with E-state index >= 15 is 0 Å². The topological polar surface area (TPSA) is 79.9 Å². The number of carbonyl (C=O) groups is 1. The number of nitrogens with zero attached hydrogens (tertiary/aromatic N) is 2. The Bertz CT molecular complexity index is 318. The van der Waals surface area contributed by atoms with Crippen LogP contribution in [0.1, 0.15) is 26.7 Å². The summed E-state index contributed by atoms with van der Waals surface area (Å²) in [4.78, 5) is 16.9. The van der Waals surface area contributed by atoms with Crippen molar-refractivity contribution in [1.29, 1.82) is 0 Å². The van der Waals surface area contributed by atoms with Crippen LogP contribution in [0.2, 0.25) is 0 Å². The lowest BCUT2D eigenvalue weighted by atomic mass is 10.0. The number of hydrogen-bond acceptors (Lipinski definition) is 4. The molecule has 3 unspecified atom stereocenters. The van der Waals surface area contributed by atoms with Gasteiger partial charge in [0.05, 0.1) is 12.8 Å². The molecule has 0 saturated carbocycles. The minimum Gasteiger partial charge on any atom is -0.369 e. The molecule has 90 valence electrons. The maximum absolute atomic E-state index is 11.6. The minimum atomic E-state index is -0.315. The fraction of sp³-hybridized carbons (Fsp3) is 0.800. The lowest BCUT2D eigenvalue weighted by molar-refractivity contribution is -0.0385. The van der Waals surface area contributed by atoms with E-state index in [1.54, 1.807) is 4.90 Å². The molecule has 0 aromatic heterocycles. The average molecular weight is 226 g/mol. The van der Waals surface area contributed by atoms with Crippen LogP contribution in [0.25, 0.3) is 0 Å². The first kappa shape index (κ1) is 11.2. The Labute approximate surface area is 94.8 Å². The zero-order chi connectivity index (χ0) is 11.7. The van der Waals surface area contributed by atoms with Crippen molar-refractivity contribution >= 4 is 12.0 Å². The van der Waals surface area contributed by atoms with Gasteiger partial charge in [0.15, 0.2) is 5.96 Å². The molecule has 0 aromatic rings. The van der Waals surface area contributed by atoms with E-state index in [1.165, 1.54) is 0 Å². The van der Waals surface area contributed by atoms with Gasteiger partial charge in [0.1, 0.15) is 6.23 Å². The summed E-state index contributed by atoms with van der Waals surface area (Å²) in [6, 6.07) is -0.315.